The van der Waals surface area contributed by atoms with Crippen LogP contribution in [0, 0.1) is 5.92 Å². The zero-order valence-corrected chi connectivity index (χ0v) is 14.1. The molecule has 120 valence electrons. The number of rotatable bonds is 3. The van der Waals surface area contributed by atoms with Gasteiger partial charge in [-0.05, 0) is 29.8 Å². The lowest BCUT2D eigenvalue weighted by Crippen LogP contribution is -2.27. The van der Waals surface area contributed by atoms with Crippen molar-refractivity contribution in [2.45, 2.75) is 6.04 Å². The fraction of sp³-hybridized carbons (Fsp3) is 0.176. The lowest BCUT2D eigenvalue weighted by molar-refractivity contribution is -0.115. The summed E-state index contributed by atoms with van der Waals surface area (Å²) in [4.78, 5) is 20.0. The van der Waals surface area contributed by atoms with Gasteiger partial charge in [-0.25, -0.2) is 4.99 Å². The van der Waals surface area contributed by atoms with Crippen LogP contribution in [0.15, 0.2) is 58.9 Å². The Morgan fingerprint density at radius 1 is 1.21 bits per heavy atom. The van der Waals surface area contributed by atoms with Gasteiger partial charge in [-0.2, -0.15) is 5.10 Å². The van der Waals surface area contributed by atoms with Gasteiger partial charge >= 0.3 is 0 Å². The van der Waals surface area contributed by atoms with Crippen LogP contribution < -0.4 is 5.43 Å². The number of nitrogens with one attached hydrogen (secondary N) is 1. The van der Waals surface area contributed by atoms with E-state index >= 15 is 0 Å². The van der Waals surface area contributed by atoms with Gasteiger partial charge in [0.25, 0.3) is 5.91 Å². The second-order valence-corrected chi connectivity index (χ2v) is 6.94. The fourth-order valence-corrected chi connectivity index (χ4v) is 3.93. The van der Waals surface area contributed by atoms with Crippen LogP contribution in [-0.4, -0.2) is 27.4 Å². The Hall–Kier alpha value is -2.18. The Kier molecular flexibility index (Phi) is 4.08. The van der Waals surface area contributed by atoms with Crippen LogP contribution in [0.3, 0.4) is 0 Å². The van der Waals surface area contributed by atoms with Crippen molar-refractivity contribution in [3.63, 3.8) is 0 Å². The molecule has 0 bridgehead atoms. The number of pyridine rings is 1. The summed E-state index contributed by atoms with van der Waals surface area (Å²) in [5.41, 5.74) is 6.02. The normalized spacial score (nSPS) is 23.0. The van der Waals surface area contributed by atoms with Crippen molar-refractivity contribution in [2.75, 3.05) is 5.75 Å². The molecular weight excluding hydrogens is 344 g/mol. The molecule has 2 aliphatic heterocycles. The average molecular weight is 357 g/mol. The predicted octanol–water partition coefficient (Wildman–Crippen LogP) is 3.07. The molecule has 2 aliphatic rings. The third-order valence-electron chi connectivity index (χ3n) is 3.98. The molecule has 3 heterocycles. The second kappa shape index (κ2) is 6.37. The molecule has 0 spiro atoms. The highest BCUT2D eigenvalue weighted by atomic mass is 35.5. The van der Waals surface area contributed by atoms with Gasteiger partial charge in [-0.15, -0.1) is 0 Å². The topological polar surface area (TPSA) is 66.7 Å². The first-order chi connectivity index (χ1) is 11.7. The van der Waals surface area contributed by atoms with Crippen molar-refractivity contribution >= 4 is 40.0 Å². The molecule has 0 aliphatic carbocycles. The highest BCUT2D eigenvalue weighted by Crippen LogP contribution is 2.36. The fourth-order valence-electron chi connectivity index (χ4n) is 2.88. The highest BCUT2D eigenvalue weighted by Gasteiger charge is 2.39. The van der Waals surface area contributed by atoms with Crippen molar-refractivity contribution in [2.24, 2.45) is 16.0 Å². The number of aliphatic imine (C=N–C) groups is 1. The maximum Gasteiger partial charge on any atom is 0.256 e. The molecule has 1 N–H and O–H groups in total. The Labute approximate surface area is 148 Å². The molecule has 24 heavy (non-hydrogen) atoms. The van der Waals surface area contributed by atoms with E-state index in [4.69, 9.17) is 11.6 Å². The molecule has 0 radical (unpaired) electrons. The van der Waals surface area contributed by atoms with E-state index in [0.717, 1.165) is 21.9 Å². The van der Waals surface area contributed by atoms with Crippen LogP contribution in [0.25, 0.3) is 0 Å². The summed E-state index contributed by atoms with van der Waals surface area (Å²) in [6, 6.07) is 11.4. The number of amides is 1. The van der Waals surface area contributed by atoms with E-state index in [9.17, 15) is 4.79 Å². The number of hydrogen-bond donors (Lipinski definition) is 1. The first-order valence-corrected chi connectivity index (χ1v) is 8.82. The molecule has 5 nitrogen and oxygen atoms in total. The second-order valence-electron chi connectivity index (χ2n) is 5.51. The van der Waals surface area contributed by atoms with Gasteiger partial charge in [0.15, 0.2) is 0 Å². The standard InChI is InChI=1S/C17H13ClN4OS/c18-12-5-3-10(4-6-12)15-14(17-20-13(23)9-24-17)16(22-21-15)11-2-1-7-19-8-11/h1-8,14-15,21H,9H2. The molecule has 1 aromatic heterocycles. The molecule has 0 saturated heterocycles. The smallest absolute Gasteiger partial charge is 0.256 e. The first-order valence-electron chi connectivity index (χ1n) is 7.45. The predicted molar refractivity (Wildman–Crippen MR) is 96.5 cm³/mol. The third kappa shape index (κ3) is 2.83. The maximum absolute atomic E-state index is 11.6. The van der Waals surface area contributed by atoms with E-state index in [1.54, 1.807) is 12.4 Å². The third-order valence-corrected chi connectivity index (χ3v) is 5.27. The Morgan fingerprint density at radius 2 is 2.04 bits per heavy atom. The quantitative estimate of drug-likeness (QED) is 0.917. The summed E-state index contributed by atoms with van der Waals surface area (Å²) in [7, 11) is 0. The molecule has 7 heteroatoms. The summed E-state index contributed by atoms with van der Waals surface area (Å²) in [5.74, 6) is 0.175. The van der Waals surface area contributed by atoms with E-state index in [2.05, 4.69) is 20.5 Å². The molecule has 0 fully saturated rings. The molecule has 2 unspecified atom stereocenters. The highest BCUT2D eigenvalue weighted by molar-refractivity contribution is 8.15. The summed E-state index contributed by atoms with van der Waals surface area (Å²) in [5, 5.41) is 6.01. The van der Waals surface area contributed by atoms with E-state index in [1.807, 2.05) is 36.4 Å². The van der Waals surface area contributed by atoms with Gasteiger partial charge in [-0.1, -0.05) is 35.5 Å². The van der Waals surface area contributed by atoms with Gasteiger partial charge < -0.3 is 5.43 Å². The summed E-state index contributed by atoms with van der Waals surface area (Å²) in [6.07, 6.45) is 3.50. The van der Waals surface area contributed by atoms with Crippen molar-refractivity contribution in [3.05, 3.63) is 64.9 Å². The monoisotopic (exact) mass is 356 g/mol. The molecule has 2 aromatic rings. The zero-order chi connectivity index (χ0) is 16.5. The number of hydrogen-bond acceptors (Lipinski definition) is 5. The van der Waals surface area contributed by atoms with E-state index < -0.39 is 0 Å². The number of nitrogens with zero attached hydrogens (tertiary/aromatic N) is 3. The van der Waals surface area contributed by atoms with Crippen molar-refractivity contribution in [3.8, 4) is 0 Å². The van der Waals surface area contributed by atoms with Crippen LogP contribution in [0.5, 0.6) is 0 Å². The lowest BCUT2D eigenvalue weighted by atomic mass is 9.88. The summed E-state index contributed by atoms with van der Waals surface area (Å²) < 4.78 is 0. The minimum Gasteiger partial charge on any atom is -0.301 e. The number of thioether (sulfide) groups is 1. The van der Waals surface area contributed by atoms with Gasteiger partial charge in [0, 0.05) is 23.0 Å². The number of aromatic nitrogens is 1. The van der Waals surface area contributed by atoms with Crippen molar-refractivity contribution < 1.29 is 4.79 Å². The largest absolute Gasteiger partial charge is 0.301 e. The molecule has 0 saturated carbocycles. The summed E-state index contributed by atoms with van der Waals surface area (Å²) in [6.45, 7) is 0. The van der Waals surface area contributed by atoms with Crippen molar-refractivity contribution in [1.29, 1.82) is 0 Å². The van der Waals surface area contributed by atoms with Gasteiger partial charge in [0.2, 0.25) is 0 Å². The maximum atomic E-state index is 11.6. The Bertz CT molecular complexity index is 835. The molecule has 2 atom stereocenters. The van der Waals surface area contributed by atoms with Gasteiger partial charge in [0.1, 0.15) is 0 Å². The number of hydrazone groups is 1. The minimum atomic E-state index is -0.119. The lowest BCUT2D eigenvalue weighted by Gasteiger charge is -2.20. The van der Waals surface area contributed by atoms with E-state index in [1.165, 1.54) is 11.8 Å². The number of halogens is 1. The van der Waals surface area contributed by atoms with E-state index in [-0.39, 0.29) is 17.9 Å². The Balaban J connectivity index is 1.75. The van der Waals surface area contributed by atoms with Crippen LogP contribution in [0.4, 0.5) is 0 Å². The van der Waals surface area contributed by atoms with Crippen LogP contribution in [0.1, 0.15) is 17.2 Å². The molecule has 1 amide bonds. The zero-order valence-electron chi connectivity index (χ0n) is 12.5. The van der Waals surface area contributed by atoms with Crippen LogP contribution in [-0.2, 0) is 4.79 Å². The molecule has 4 rings (SSSR count). The number of benzene rings is 1. The number of carbonyl (C=O) groups excluding carboxylic acids is 1. The van der Waals surface area contributed by atoms with Gasteiger partial charge in [-0.3, -0.25) is 9.78 Å². The molecule has 1 aromatic carbocycles. The summed E-state index contributed by atoms with van der Waals surface area (Å²) >= 11 is 7.48. The van der Waals surface area contributed by atoms with Crippen molar-refractivity contribution in [1.82, 2.24) is 10.4 Å². The van der Waals surface area contributed by atoms with Crippen LogP contribution in [0.2, 0.25) is 5.02 Å². The SMILES string of the molecule is O=C1CSC(C2C(c3cccnc3)=NNC2c2ccc(Cl)cc2)=N1. The first kappa shape index (κ1) is 15.4. The minimum absolute atomic E-state index is 0.0883. The Morgan fingerprint density at radius 3 is 2.71 bits per heavy atom. The van der Waals surface area contributed by atoms with E-state index in [0.29, 0.717) is 10.8 Å². The molecular formula is C17H13ClN4OS. The average Bonchev–Trinajstić information content (AvgIpc) is 3.22. The number of carbonyl (C=O) groups is 1. The van der Waals surface area contributed by atoms with Crippen LogP contribution >= 0.6 is 23.4 Å². The van der Waals surface area contributed by atoms with Gasteiger partial charge in [0.05, 0.1) is 28.5 Å².